The van der Waals surface area contributed by atoms with Gasteiger partial charge in [0.25, 0.3) is 0 Å². The minimum Gasteiger partial charge on any atom is -0.369 e. The molecule has 1 heterocycles. The van der Waals surface area contributed by atoms with E-state index in [1.807, 2.05) is 0 Å². The summed E-state index contributed by atoms with van der Waals surface area (Å²) in [6.07, 6.45) is 6.62. The normalized spacial score (nSPS) is 33.0. The van der Waals surface area contributed by atoms with Gasteiger partial charge >= 0.3 is 0 Å². The maximum absolute atomic E-state index is 5.71. The van der Waals surface area contributed by atoms with E-state index in [0.29, 0.717) is 5.92 Å². The third-order valence-electron chi connectivity index (χ3n) is 2.57. The van der Waals surface area contributed by atoms with Gasteiger partial charge in [-0.05, 0) is 11.5 Å². The summed E-state index contributed by atoms with van der Waals surface area (Å²) >= 11 is 0. The van der Waals surface area contributed by atoms with Gasteiger partial charge in [-0.15, -0.1) is 0 Å². The Bertz CT molecular complexity index is 240. The standard InChI is InChI=1S/C11H16O2/c1-8(2)9-4-3-5-10-11(9)13-7-6-12-10/h3-5,8,10-11H,6-7H2,1-2H3. The lowest BCUT2D eigenvalue weighted by Crippen LogP contribution is -2.40. The highest BCUT2D eigenvalue weighted by Crippen LogP contribution is 2.27. The fourth-order valence-corrected chi connectivity index (χ4v) is 1.88. The molecule has 2 nitrogen and oxygen atoms in total. The number of rotatable bonds is 1. The van der Waals surface area contributed by atoms with Gasteiger partial charge < -0.3 is 9.47 Å². The lowest BCUT2D eigenvalue weighted by atomic mass is 9.90. The first-order chi connectivity index (χ1) is 6.29. The first-order valence-electron chi connectivity index (χ1n) is 4.90. The Morgan fingerprint density at radius 1 is 1.31 bits per heavy atom. The van der Waals surface area contributed by atoms with Gasteiger partial charge in [-0.3, -0.25) is 0 Å². The molecule has 13 heavy (non-hydrogen) atoms. The van der Waals surface area contributed by atoms with Crippen LogP contribution in [0.1, 0.15) is 13.8 Å². The van der Waals surface area contributed by atoms with E-state index < -0.39 is 0 Å². The van der Waals surface area contributed by atoms with Gasteiger partial charge in [0.05, 0.1) is 13.2 Å². The van der Waals surface area contributed by atoms with E-state index in [1.54, 1.807) is 0 Å². The van der Waals surface area contributed by atoms with Crippen LogP contribution in [0.4, 0.5) is 0 Å². The molecule has 0 spiro atoms. The summed E-state index contributed by atoms with van der Waals surface area (Å²) in [6, 6.07) is 0. The van der Waals surface area contributed by atoms with Gasteiger partial charge in [0, 0.05) is 0 Å². The van der Waals surface area contributed by atoms with Crippen LogP contribution in [0.25, 0.3) is 0 Å². The Hall–Kier alpha value is -0.600. The minimum absolute atomic E-state index is 0.149. The lowest BCUT2D eigenvalue weighted by Gasteiger charge is -2.35. The van der Waals surface area contributed by atoms with Crippen LogP contribution in [0.15, 0.2) is 23.8 Å². The van der Waals surface area contributed by atoms with Crippen LogP contribution in [0, 0.1) is 5.92 Å². The molecule has 1 fully saturated rings. The monoisotopic (exact) mass is 180 g/mol. The molecule has 1 aliphatic heterocycles. The Kier molecular flexibility index (Phi) is 2.51. The first kappa shape index (κ1) is 8.97. The van der Waals surface area contributed by atoms with Crippen molar-refractivity contribution in [3.05, 3.63) is 23.8 Å². The summed E-state index contributed by atoms with van der Waals surface area (Å²) in [5, 5.41) is 0. The van der Waals surface area contributed by atoms with Crippen LogP contribution >= 0.6 is 0 Å². The largest absolute Gasteiger partial charge is 0.369 e. The molecule has 0 bridgehead atoms. The summed E-state index contributed by atoms with van der Waals surface area (Å²) < 4.78 is 11.3. The Morgan fingerprint density at radius 2 is 2.08 bits per heavy atom. The summed E-state index contributed by atoms with van der Waals surface area (Å²) in [4.78, 5) is 0. The second-order valence-corrected chi connectivity index (χ2v) is 3.83. The van der Waals surface area contributed by atoms with Crippen molar-refractivity contribution in [1.82, 2.24) is 0 Å². The van der Waals surface area contributed by atoms with Crippen LogP contribution in [0.5, 0.6) is 0 Å². The molecule has 1 saturated heterocycles. The van der Waals surface area contributed by atoms with Crippen LogP contribution in [-0.2, 0) is 9.47 Å². The van der Waals surface area contributed by atoms with E-state index in [4.69, 9.17) is 9.47 Å². The number of allylic oxidation sites excluding steroid dienone is 2. The summed E-state index contributed by atoms with van der Waals surface area (Å²) in [6.45, 7) is 5.83. The summed E-state index contributed by atoms with van der Waals surface area (Å²) in [5.41, 5.74) is 1.35. The van der Waals surface area contributed by atoms with Crippen molar-refractivity contribution in [1.29, 1.82) is 0 Å². The zero-order valence-corrected chi connectivity index (χ0v) is 8.19. The second kappa shape index (κ2) is 3.64. The molecule has 2 unspecified atom stereocenters. The molecule has 1 aliphatic carbocycles. The molecule has 0 aromatic heterocycles. The quantitative estimate of drug-likeness (QED) is 0.613. The van der Waals surface area contributed by atoms with Crippen molar-refractivity contribution >= 4 is 0 Å². The topological polar surface area (TPSA) is 18.5 Å². The number of fused-ring (bicyclic) bond motifs is 1. The van der Waals surface area contributed by atoms with Crippen molar-refractivity contribution in [2.24, 2.45) is 5.92 Å². The fourth-order valence-electron chi connectivity index (χ4n) is 1.88. The van der Waals surface area contributed by atoms with Gasteiger partial charge in [-0.2, -0.15) is 0 Å². The Morgan fingerprint density at radius 3 is 2.85 bits per heavy atom. The van der Waals surface area contributed by atoms with E-state index in [2.05, 4.69) is 32.1 Å². The van der Waals surface area contributed by atoms with Gasteiger partial charge in [-0.1, -0.05) is 32.1 Å². The van der Waals surface area contributed by atoms with Crippen molar-refractivity contribution < 1.29 is 9.47 Å². The van der Waals surface area contributed by atoms with Gasteiger partial charge in [-0.25, -0.2) is 0 Å². The molecule has 0 aromatic rings. The van der Waals surface area contributed by atoms with E-state index in [0.717, 1.165) is 13.2 Å². The predicted molar refractivity (Wildman–Crippen MR) is 51.5 cm³/mol. The Labute approximate surface area is 79.2 Å². The maximum Gasteiger partial charge on any atom is 0.109 e. The Balaban J connectivity index is 2.17. The number of hydrogen-bond donors (Lipinski definition) is 0. The van der Waals surface area contributed by atoms with Gasteiger partial charge in [0.15, 0.2) is 0 Å². The molecule has 0 aromatic carbocycles. The highest BCUT2D eigenvalue weighted by atomic mass is 16.6. The zero-order chi connectivity index (χ0) is 9.26. The molecule has 72 valence electrons. The molecule has 0 radical (unpaired) electrons. The summed E-state index contributed by atoms with van der Waals surface area (Å²) in [7, 11) is 0. The molecule has 2 aliphatic rings. The molecule has 2 atom stereocenters. The molecule has 0 N–H and O–H groups in total. The number of hydrogen-bond acceptors (Lipinski definition) is 2. The average molecular weight is 180 g/mol. The van der Waals surface area contributed by atoms with Crippen LogP contribution in [0.2, 0.25) is 0 Å². The highest BCUT2D eigenvalue weighted by Gasteiger charge is 2.30. The zero-order valence-electron chi connectivity index (χ0n) is 8.19. The van der Waals surface area contributed by atoms with Gasteiger partial charge in [0.2, 0.25) is 0 Å². The molecule has 2 heteroatoms. The second-order valence-electron chi connectivity index (χ2n) is 3.83. The average Bonchev–Trinajstić information content (AvgIpc) is 2.17. The fraction of sp³-hybridized carbons (Fsp3) is 0.636. The predicted octanol–water partition coefficient (Wildman–Crippen LogP) is 1.92. The van der Waals surface area contributed by atoms with Crippen molar-refractivity contribution in [3.63, 3.8) is 0 Å². The van der Waals surface area contributed by atoms with Gasteiger partial charge in [0.1, 0.15) is 12.2 Å². The van der Waals surface area contributed by atoms with Crippen molar-refractivity contribution in [2.45, 2.75) is 26.1 Å². The van der Waals surface area contributed by atoms with Crippen molar-refractivity contribution in [3.8, 4) is 0 Å². The van der Waals surface area contributed by atoms with E-state index >= 15 is 0 Å². The van der Waals surface area contributed by atoms with Crippen LogP contribution < -0.4 is 0 Å². The third-order valence-corrected chi connectivity index (χ3v) is 2.57. The number of ether oxygens (including phenoxy) is 2. The molecule has 0 saturated carbocycles. The van der Waals surface area contributed by atoms with E-state index in [9.17, 15) is 0 Å². The van der Waals surface area contributed by atoms with Crippen molar-refractivity contribution in [2.75, 3.05) is 13.2 Å². The van der Waals surface area contributed by atoms with Crippen LogP contribution in [0.3, 0.4) is 0 Å². The third kappa shape index (κ3) is 1.69. The summed E-state index contributed by atoms with van der Waals surface area (Å²) in [5.74, 6) is 0.541. The maximum atomic E-state index is 5.71. The van der Waals surface area contributed by atoms with E-state index in [-0.39, 0.29) is 12.2 Å². The van der Waals surface area contributed by atoms with Crippen LogP contribution in [-0.4, -0.2) is 25.4 Å². The smallest absolute Gasteiger partial charge is 0.109 e. The lowest BCUT2D eigenvalue weighted by molar-refractivity contribution is -0.109. The molecular formula is C11H16O2. The highest BCUT2D eigenvalue weighted by molar-refractivity contribution is 5.27. The SMILES string of the molecule is CC(C)C1=CC=CC2OCCOC12. The first-order valence-corrected chi connectivity index (χ1v) is 4.90. The molecule has 2 rings (SSSR count). The molecular weight excluding hydrogens is 164 g/mol. The van der Waals surface area contributed by atoms with E-state index in [1.165, 1.54) is 5.57 Å². The minimum atomic E-state index is 0.149. The molecule has 0 amide bonds.